The quantitative estimate of drug-likeness (QED) is 0.748. The largest absolute Gasteiger partial charge is 0.490 e. The highest BCUT2D eigenvalue weighted by molar-refractivity contribution is 5.36. The molecule has 0 aliphatic carbocycles. The summed E-state index contributed by atoms with van der Waals surface area (Å²) in [4.78, 5) is 4.08. The predicted octanol–water partition coefficient (Wildman–Crippen LogP) is 1.19. The maximum atomic E-state index is 5.60. The average molecular weight is 202 g/mol. The highest BCUT2D eigenvalue weighted by Crippen LogP contribution is 2.12. The topological polar surface area (TPSA) is 34.1 Å². The molecular formula is C12H14N2O. The van der Waals surface area contributed by atoms with Crippen molar-refractivity contribution in [3.05, 3.63) is 24.0 Å². The van der Waals surface area contributed by atoms with Gasteiger partial charge in [-0.05, 0) is 26.0 Å². The number of hydrogen-bond donors (Lipinski definition) is 1. The lowest BCUT2D eigenvalue weighted by Gasteiger charge is -2.27. The molecule has 1 aliphatic rings. The second kappa shape index (κ2) is 4.81. The molecule has 0 spiro atoms. The molecule has 0 bridgehead atoms. The third-order valence-electron chi connectivity index (χ3n) is 2.36. The van der Waals surface area contributed by atoms with E-state index < -0.39 is 0 Å². The van der Waals surface area contributed by atoms with Crippen molar-refractivity contribution < 1.29 is 4.74 Å². The van der Waals surface area contributed by atoms with Crippen molar-refractivity contribution in [1.29, 1.82) is 0 Å². The van der Waals surface area contributed by atoms with Crippen LogP contribution in [0.2, 0.25) is 0 Å². The maximum Gasteiger partial charge on any atom is 0.138 e. The maximum absolute atomic E-state index is 5.60. The van der Waals surface area contributed by atoms with Crippen LogP contribution in [-0.4, -0.2) is 24.2 Å². The monoisotopic (exact) mass is 202 g/mol. The molecule has 1 aromatic rings. The normalized spacial score (nSPS) is 18.6. The van der Waals surface area contributed by atoms with E-state index in [0.29, 0.717) is 12.6 Å². The van der Waals surface area contributed by atoms with Crippen molar-refractivity contribution in [1.82, 2.24) is 10.3 Å². The molecule has 0 aromatic carbocycles. The summed E-state index contributed by atoms with van der Waals surface area (Å²) in [6.45, 7) is 3.63. The van der Waals surface area contributed by atoms with E-state index in [2.05, 4.69) is 22.1 Å². The highest BCUT2D eigenvalue weighted by Gasteiger charge is 2.16. The van der Waals surface area contributed by atoms with Gasteiger partial charge in [-0.1, -0.05) is 5.92 Å². The van der Waals surface area contributed by atoms with Crippen LogP contribution in [0.4, 0.5) is 0 Å². The van der Waals surface area contributed by atoms with E-state index in [0.717, 1.165) is 17.9 Å². The minimum atomic E-state index is 0.505. The molecule has 1 N–H and O–H groups in total. The Balaban J connectivity index is 1.93. The molecule has 0 amide bonds. The number of nitrogens with one attached hydrogen (secondary N) is 1. The fourth-order valence-corrected chi connectivity index (χ4v) is 1.40. The highest BCUT2D eigenvalue weighted by atomic mass is 16.5. The predicted molar refractivity (Wildman–Crippen MR) is 58.7 cm³/mol. The van der Waals surface area contributed by atoms with E-state index in [1.54, 1.807) is 12.4 Å². The van der Waals surface area contributed by atoms with Crippen molar-refractivity contribution in [2.75, 3.05) is 13.2 Å². The standard InChI is InChI=1S/C12H14N2O/c1-2-3-10-6-12(8-13-7-10)15-9-11-4-5-14-11/h6-8,11,14H,4-5,9H2,1H3. The summed E-state index contributed by atoms with van der Waals surface area (Å²) in [6, 6.07) is 2.42. The van der Waals surface area contributed by atoms with Crippen molar-refractivity contribution >= 4 is 0 Å². The third kappa shape index (κ3) is 2.71. The van der Waals surface area contributed by atoms with Crippen molar-refractivity contribution in [3.8, 4) is 17.6 Å². The summed E-state index contributed by atoms with van der Waals surface area (Å²) in [6.07, 6.45) is 4.66. The Kier molecular flexibility index (Phi) is 3.21. The first kappa shape index (κ1) is 10.0. The Labute approximate surface area is 89.9 Å². The summed E-state index contributed by atoms with van der Waals surface area (Å²) in [5.74, 6) is 6.59. The molecule has 15 heavy (non-hydrogen) atoms. The van der Waals surface area contributed by atoms with Crippen LogP contribution in [0.5, 0.6) is 5.75 Å². The van der Waals surface area contributed by atoms with E-state index in [9.17, 15) is 0 Å². The van der Waals surface area contributed by atoms with Crippen LogP contribution in [0.1, 0.15) is 18.9 Å². The summed E-state index contributed by atoms with van der Waals surface area (Å²) < 4.78 is 5.60. The Hall–Kier alpha value is -1.53. The van der Waals surface area contributed by atoms with Crippen LogP contribution in [-0.2, 0) is 0 Å². The molecule has 1 atom stereocenters. The lowest BCUT2D eigenvalue weighted by atomic mass is 10.1. The number of ether oxygens (including phenoxy) is 1. The molecule has 1 aromatic heterocycles. The zero-order chi connectivity index (χ0) is 10.5. The van der Waals surface area contributed by atoms with Crippen molar-refractivity contribution in [3.63, 3.8) is 0 Å². The third-order valence-corrected chi connectivity index (χ3v) is 2.36. The Morgan fingerprint density at radius 1 is 1.60 bits per heavy atom. The lowest BCUT2D eigenvalue weighted by Crippen LogP contribution is -2.46. The second-order valence-electron chi connectivity index (χ2n) is 3.54. The van der Waals surface area contributed by atoms with Crippen molar-refractivity contribution in [2.24, 2.45) is 0 Å². The Morgan fingerprint density at radius 2 is 2.47 bits per heavy atom. The molecule has 1 aliphatic heterocycles. The zero-order valence-corrected chi connectivity index (χ0v) is 8.79. The first-order valence-electron chi connectivity index (χ1n) is 5.12. The first-order chi connectivity index (χ1) is 7.38. The van der Waals surface area contributed by atoms with Gasteiger partial charge in [-0.15, -0.1) is 5.92 Å². The van der Waals surface area contributed by atoms with Gasteiger partial charge in [-0.25, -0.2) is 0 Å². The van der Waals surface area contributed by atoms with Crippen LogP contribution >= 0.6 is 0 Å². The molecule has 2 heterocycles. The van der Waals surface area contributed by atoms with Gasteiger partial charge in [-0.2, -0.15) is 0 Å². The fourth-order valence-electron chi connectivity index (χ4n) is 1.40. The Bertz CT molecular complexity index is 388. The van der Waals surface area contributed by atoms with Crippen LogP contribution in [0, 0.1) is 11.8 Å². The molecule has 3 heteroatoms. The zero-order valence-electron chi connectivity index (χ0n) is 8.79. The number of pyridine rings is 1. The van der Waals surface area contributed by atoms with Crippen LogP contribution in [0.25, 0.3) is 0 Å². The summed E-state index contributed by atoms with van der Waals surface area (Å²) in [7, 11) is 0. The van der Waals surface area contributed by atoms with Gasteiger partial charge in [0.25, 0.3) is 0 Å². The van der Waals surface area contributed by atoms with Gasteiger partial charge in [0.1, 0.15) is 12.4 Å². The average Bonchev–Trinajstić information content (AvgIpc) is 2.16. The molecule has 0 radical (unpaired) electrons. The fraction of sp³-hybridized carbons (Fsp3) is 0.417. The molecular weight excluding hydrogens is 188 g/mol. The van der Waals surface area contributed by atoms with Gasteiger partial charge in [0.2, 0.25) is 0 Å². The number of nitrogens with zero attached hydrogens (tertiary/aromatic N) is 1. The summed E-state index contributed by atoms with van der Waals surface area (Å²) >= 11 is 0. The minimum Gasteiger partial charge on any atom is -0.490 e. The van der Waals surface area contributed by atoms with E-state index in [4.69, 9.17) is 4.74 Å². The van der Waals surface area contributed by atoms with E-state index in [1.165, 1.54) is 6.42 Å². The molecule has 1 saturated heterocycles. The van der Waals surface area contributed by atoms with E-state index in [1.807, 2.05) is 13.0 Å². The van der Waals surface area contributed by atoms with Gasteiger partial charge < -0.3 is 10.1 Å². The molecule has 1 unspecified atom stereocenters. The van der Waals surface area contributed by atoms with Crippen LogP contribution in [0.3, 0.4) is 0 Å². The van der Waals surface area contributed by atoms with Crippen molar-refractivity contribution in [2.45, 2.75) is 19.4 Å². The number of hydrogen-bond acceptors (Lipinski definition) is 3. The van der Waals surface area contributed by atoms with Crippen LogP contribution in [0.15, 0.2) is 18.5 Å². The SMILES string of the molecule is CC#Cc1cncc(OCC2CCN2)c1. The van der Waals surface area contributed by atoms with Gasteiger partial charge in [0.15, 0.2) is 0 Å². The van der Waals surface area contributed by atoms with Crippen LogP contribution < -0.4 is 10.1 Å². The summed E-state index contributed by atoms with van der Waals surface area (Å²) in [5.41, 5.74) is 0.900. The number of rotatable bonds is 3. The van der Waals surface area contributed by atoms with Gasteiger partial charge in [0.05, 0.1) is 6.20 Å². The number of aromatic nitrogens is 1. The molecule has 1 fully saturated rings. The van der Waals surface area contributed by atoms with Gasteiger partial charge in [0, 0.05) is 17.8 Å². The molecule has 3 nitrogen and oxygen atoms in total. The second-order valence-corrected chi connectivity index (χ2v) is 3.54. The lowest BCUT2D eigenvalue weighted by molar-refractivity contribution is 0.217. The molecule has 2 rings (SSSR count). The van der Waals surface area contributed by atoms with E-state index >= 15 is 0 Å². The van der Waals surface area contributed by atoms with Gasteiger partial charge in [-0.3, -0.25) is 4.98 Å². The van der Waals surface area contributed by atoms with E-state index in [-0.39, 0.29) is 0 Å². The smallest absolute Gasteiger partial charge is 0.138 e. The van der Waals surface area contributed by atoms with Gasteiger partial charge >= 0.3 is 0 Å². The summed E-state index contributed by atoms with van der Waals surface area (Å²) in [5, 5.41) is 3.28. The molecule has 78 valence electrons. The minimum absolute atomic E-state index is 0.505. The first-order valence-corrected chi connectivity index (χ1v) is 5.12. The Morgan fingerprint density at radius 3 is 3.13 bits per heavy atom. The molecule has 0 saturated carbocycles.